The van der Waals surface area contributed by atoms with Crippen molar-refractivity contribution in [3.8, 4) is 11.5 Å². The van der Waals surface area contributed by atoms with E-state index in [9.17, 15) is 9.59 Å². The van der Waals surface area contributed by atoms with Gasteiger partial charge in [-0.1, -0.05) is 11.6 Å². The predicted octanol–water partition coefficient (Wildman–Crippen LogP) is 2.11. The van der Waals surface area contributed by atoms with Gasteiger partial charge in [-0.05, 0) is 12.1 Å². The van der Waals surface area contributed by atoms with Crippen molar-refractivity contribution >= 4 is 23.4 Å². The Kier molecular flexibility index (Phi) is 2.50. The Morgan fingerprint density at radius 1 is 1.29 bits per heavy atom. The number of hydrogen-bond acceptors (Lipinski definition) is 4. The molecule has 6 heteroatoms. The first-order valence-corrected chi connectivity index (χ1v) is 5.17. The highest BCUT2D eigenvalue weighted by Crippen LogP contribution is 2.44. The Labute approximate surface area is 102 Å². The molecule has 2 rings (SSSR count). The Balaban J connectivity index is 2.47. The number of rotatable bonds is 2. The van der Waals surface area contributed by atoms with Crippen LogP contribution in [0, 0.1) is 0 Å². The summed E-state index contributed by atoms with van der Waals surface area (Å²) < 4.78 is 10.8. The molecule has 0 spiro atoms. The molecular formula is C11H9ClO5. The van der Waals surface area contributed by atoms with Gasteiger partial charge in [0.2, 0.25) is 5.79 Å². The predicted molar refractivity (Wildman–Crippen MR) is 58.8 cm³/mol. The molecule has 1 aliphatic heterocycles. The Hall–Kier alpha value is -1.75. The summed E-state index contributed by atoms with van der Waals surface area (Å²) in [6.45, 7) is 3.37. The molecule has 90 valence electrons. The van der Waals surface area contributed by atoms with Gasteiger partial charge in [0.1, 0.15) is 0 Å². The molecule has 0 aliphatic carbocycles. The number of aliphatic carboxylic acids is 1. The first-order valence-electron chi connectivity index (χ1n) is 4.79. The van der Waals surface area contributed by atoms with E-state index in [1.807, 2.05) is 0 Å². The van der Waals surface area contributed by atoms with Crippen LogP contribution >= 0.6 is 11.6 Å². The summed E-state index contributed by atoms with van der Waals surface area (Å²) in [5.41, 5.74) is -0.0393. The minimum absolute atomic E-state index is 0.0393. The van der Waals surface area contributed by atoms with Crippen molar-refractivity contribution in [1.29, 1.82) is 0 Å². The third-order valence-corrected chi connectivity index (χ3v) is 2.45. The average Bonchev–Trinajstić information content (AvgIpc) is 2.51. The highest BCUT2D eigenvalue weighted by Gasteiger charge is 2.34. The van der Waals surface area contributed by atoms with Crippen molar-refractivity contribution in [2.24, 2.45) is 0 Å². The van der Waals surface area contributed by atoms with E-state index in [-0.39, 0.29) is 16.3 Å². The van der Waals surface area contributed by atoms with Crippen LogP contribution < -0.4 is 9.47 Å². The SMILES string of the molecule is CC1(C)Oc2cc(C(=O)C(=O)O)cc(Cl)c2O1. The normalized spacial score (nSPS) is 15.7. The molecule has 0 amide bonds. The summed E-state index contributed by atoms with van der Waals surface area (Å²) in [6, 6.07) is 2.56. The lowest BCUT2D eigenvalue weighted by molar-refractivity contribution is -0.131. The summed E-state index contributed by atoms with van der Waals surface area (Å²) >= 11 is 5.90. The molecule has 0 radical (unpaired) electrons. The van der Waals surface area contributed by atoms with Crippen molar-refractivity contribution in [1.82, 2.24) is 0 Å². The van der Waals surface area contributed by atoms with Crippen LogP contribution in [-0.4, -0.2) is 22.6 Å². The standard InChI is InChI=1S/C11H9ClO5/c1-11(2)16-7-4-5(8(13)10(14)15)3-6(12)9(7)17-11/h3-4H,1-2H3,(H,14,15). The number of halogens is 1. The molecule has 0 saturated carbocycles. The lowest BCUT2D eigenvalue weighted by Gasteiger charge is -2.16. The van der Waals surface area contributed by atoms with Crippen molar-refractivity contribution in [3.05, 3.63) is 22.7 Å². The van der Waals surface area contributed by atoms with Crippen LogP contribution in [0.25, 0.3) is 0 Å². The number of ether oxygens (including phenoxy) is 2. The van der Waals surface area contributed by atoms with Crippen molar-refractivity contribution in [2.75, 3.05) is 0 Å². The minimum atomic E-state index is -1.54. The van der Waals surface area contributed by atoms with E-state index in [4.69, 9.17) is 26.2 Å². The van der Waals surface area contributed by atoms with Crippen molar-refractivity contribution < 1.29 is 24.2 Å². The second kappa shape index (κ2) is 3.63. The topological polar surface area (TPSA) is 72.8 Å². The van der Waals surface area contributed by atoms with E-state index in [0.717, 1.165) is 0 Å². The van der Waals surface area contributed by atoms with E-state index in [0.29, 0.717) is 5.75 Å². The van der Waals surface area contributed by atoms with Gasteiger partial charge in [0.15, 0.2) is 11.5 Å². The van der Waals surface area contributed by atoms with Crippen LogP contribution in [-0.2, 0) is 4.79 Å². The maximum Gasteiger partial charge on any atom is 0.377 e. The number of carbonyl (C=O) groups excluding carboxylic acids is 1. The van der Waals surface area contributed by atoms with Gasteiger partial charge < -0.3 is 14.6 Å². The lowest BCUT2D eigenvalue weighted by atomic mass is 10.1. The summed E-state index contributed by atoms with van der Waals surface area (Å²) in [5, 5.41) is 8.76. The highest BCUT2D eigenvalue weighted by molar-refractivity contribution is 6.41. The fraction of sp³-hybridized carbons (Fsp3) is 0.273. The number of fused-ring (bicyclic) bond motifs is 1. The average molecular weight is 257 g/mol. The summed E-state index contributed by atoms with van der Waals surface area (Å²) in [5.74, 6) is -2.87. The molecule has 0 aromatic heterocycles. The molecule has 0 atom stereocenters. The number of benzene rings is 1. The van der Waals surface area contributed by atoms with Crippen LogP contribution in [0.1, 0.15) is 24.2 Å². The molecular weight excluding hydrogens is 248 g/mol. The number of ketones is 1. The van der Waals surface area contributed by atoms with E-state index in [1.165, 1.54) is 12.1 Å². The fourth-order valence-corrected chi connectivity index (χ4v) is 1.78. The molecule has 1 aromatic carbocycles. The summed E-state index contributed by atoms with van der Waals surface area (Å²) in [6.07, 6.45) is 0. The van der Waals surface area contributed by atoms with Crippen molar-refractivity contribution in [2.45, 2.75) is 19.6 Å². The van der Waals surface area contributed by atoms with Crippen LogP contribution in [0.5, 0.6) is 11.5 Å². The monoisotopic (exact) mass is 256 g/mol. The molecule has 0 fully saturated rings. The van der Waals surface area contributed by atoms with Gasteiger partial charge in [0.25, 0.3) is 5.78 Å². The second-order valence-corrected chi connectivity index (χ2v) is 4.43. The third kappa shape index (κ3) is 2.06. The molecule has 5 nitrogen and oxygen atoms in total. The maximum absolute atomic E-state index is 11.3. The van der Waals surface area contributed by atoms with Gasteiger partial charge in [-0.3, -0.25) is 4.79 Å². The minimum Gasteiger partial charge on any atom is -0.475 e. The van der Waals surface area contributed by atoms with Gasteiger partial charge in [-0.2, -0.15) is 0 Å². The fourth-order valence-electron chi connectivity index (χ4n) is 1.53. The Morgan fingerprint density at radius 2 is 1.94 bits per heavy atom. The number of hydrogen-bond donors (Lipinski definition) is 1. The van der Waals surface area contributed by atoms with E-state index in [2.05, 4.69) is 0 Å². The maximum atomic E-state index is 11.3. The van der Waals surface area contributed by atoms with Gasteiger partial charge in [-0.15, -0.1) is 0 Å². The Morgan fingerprint density at radius 3 is 2.53 bits per heavy atom. The first kappa shape index (κ1) is 11.7. The number of carboxylic acid groups (broad SMARTS) is 1. The third-order valence-electron chi connectivity index (χ3n) is 2.17. The van der Waals surface area contributed by atoms with E-state index in [1.54, 1.807) is 13.8 Å². The van der Waals surface area contributed by atoms with Gasteiger partial charge in [0.05, 0.1) is 5.02 Å². The zero-order valence-corrected chi connectivity index (χ0v) is 9.87. The van der Waals surface area contributed by atoms with Gasteiger partial charge >= 0.3 is 5.97 Å². The van der Waals surface area contributed by atoms with E-state index < -0.39 is 17.5 Å². The largest absolute Gasteiger partial charge is 0.475 e. The molecule has 0 saturated heterocycles. The summed E-state index contributed by atoms with van der Waals surface area (Å²) in [7, 11) is 0. The van der Waals surface area contributed by atoms with Crippen LogP contribution in [0.15, 0.2) is 12.1 Å². The van der Waals surface area contributed by atoms with E-state index >= 15 is 0 Å². The zero-order chi connectivity index (χ0) is 12.8. The second-order valence-electron chi connectivity index (χ2n) is 4.02. The quantitative estimate of drug-likeness (QED) is 0.648. The van der Waals surface area contributed by atoms with Crippen LogP contribution in [0.3, 0.4) is 0 Å². The summed E-state index contributed by atoms with van der Waals surface area (Å²) in [4.78, 5) is 21.9. The van der Waals surface area contributed by atoms with Crippen molar-refractivity contribution in [3.63, 3.8) is 0 Å². The molecule has 0 bridgehead atoms. The molecule has 1 N–H and O–H groups in total. The molecule has 1 aliphatic rings. The van der Waals surface area contributed by atoms with Gasteiger partial charge in [-0.25, -0.2) is 4.79 Å². The molecule has 17 heavy (non-hydrogen) atoms. The smallest absolute Gasteiger partial charge is 0.377 e. The zero-order valence-electron chi connectivity index (χ0n) is 9.11. The Bertz CT molecular complexity index is 521. The van der Waals surface area contributed by atoms with Crippen LogP contribution in [0.4, 0.5) is 0 Å². The molecule has 1 aromatic rings. The lowest BCUT2D eigenvalue weighted by Crippen LogP contribution is -2.29. The van der Waals surface area contributed by atoms with Crippen LogP contribution in [0.2, 0.25) is 5.02 Å². The first-order chi connectivity index (χ1) is 7.80. The number of Topliss-reactive ketones (excluding diaryl/α,β-unsaturated/α-hetero) is 1. The highest BCUT2D eigenvalue weighted by atomic mass is 35.5. The molecule has 0 unspecified atom stereocenters. The molecule has 1 heterocycles. The number of carboxylic acids is 1. The van der Waals surface area contributed by atoms with Gasteiger partial charge in [0, 0.05) is 19.4 Å². The number of carbonyl (C=O) groups is 2.